The Kier molecular flexibility index (Phi) is 4.81. The first-order valence-corrected chi connectivity index (χ1v) is 9.01. The average molecular weight is 349 g/mol. The summed E-state index contributed by atoms with van der Waals surface area (Å²) >= 11 is 0. The van der Waals surface area contributed by atoms with Gasteiger partial charge in [0.25, 0.3) is 0 Å². The average Bonchev–Trinajstić information content (AvgIpc) is 3.11. The van der Waals surface area contributed by atoms with Crippen LogP contribution in [0, 0.1) is 17.6 Å². The topological polar surface area (TPSA) is 12.0 Å². The molecule has 3 aromatic rings. The third kappa shape index (κ3) is 3.40. The lowest BCUT2D eigenvalue weighted by Gasteiger charge is -2.19. The molecule has 0 aromatic heterocycles. The molecular formula is C23H21F2N. The summed E-state index contributed by atoms with van der Waals surface area (Å²) in [6, 6.07) is 22.2. The largest absolute Gasteiger partial charge is 0.316 e. The number of rotatable bonds is 4. The van der Waals surface area contributed by atoms with Crippen molar-refractivity contribution >= 4 is 0 Å². The van der Waals surface area contributed by atoms with Gasteiger partial charge in [0, 0.05) is 12.5 Å². The molecule has 1 N–H and O–H groups in total. The molecule has 2 atom stereocenters. The van der Waals surface area contributed by atoms with Gasteiger partial charge in [-0.15, -0.1) is 0 Å². The molecule has 132 valence electrons. The summed E-state index contributed by atoms with van der Waals surface area (Å²) in [5, 5.41) is 3.49. The Labute approximate surface area is 152 Å². The minimum absolute atomic E-state index is 0.0458. The highest BCUT2D eigenvalue weighted by atomic mass is 19.1. The van der Waals surface area contributed by atoms with Crippen molar-refractivity contribution in [1.82, 2.24) is 5.32 Å². The Morgan fingerprint density at radius 2 is 1.46 bits per heavy atom. The van der Waals surface area contributed by atoms with E-state index in [-0.39, 0.29) is 5.56 Å². The number of nitrogens with one attached hydrogen (secondary N) is 1. The molecule has 0 aliphatic carbocycles. The second-order valence-electron chi connectivity index (χ2n) is 6.93. The molecule has 0 amide bonds. The fourth-order valence-electron chi connectivity index (χ4n) is 3.93. The summed E-state index contributed by atoms with van der Waals surface area (Å²) in [5.74, 6) is -0.118. The minimum Gasteiger partial charge on any atom is -0.316 e. The maximum atomic E-state index is 14.0. The molecule has 0 radical (unpaired) electrons. The molecule has 1 saturated heterocycles. The first-order chi connectivity index (χ1) is 12.7. The number of hydrogen-bond acceptors (Lipinski definition) is 1. The summed E-state index contributed by atoms with van der Waals surface area (Å²) in [6.45, 7) is 1.92. The molecule has 1 nitrogen and oxygen atoms in total. The lowest BCUT2D eigenvalue weighted by atomic mass is 9.84. The standard InChI is InChI=1S/C23H21F2N/c24-21-7-4-8-22(25)23(21)18-11-9-17(10-12-18)20-15-26-14-19(20)13-16-5-2-1-3-6-16/h1-12,19-20,26H,13-15H2/t19-,20+/m1/s1. The van der Waals surface area contributed by atoms with Gasteiger partial charge in [-0.1, -0.05) is 60.7 Å². The van der Waals surface area contributed by atoms with Crippen molar-refractivity contribution in [2.75, 3.05) is 13.1 Å². The molecule has 0 spiro atoms. The van der Waals surface area contributed by atoms with E-state index < -0.39 is 11.6 Å². The van der Waals surface area contributed by atoms with Gasteiger partial charge in [0.2, 0.25) is 0 Å². The predicted octanol–water partition coefficient (Wildman–Crippen LogP) is 5.18. The van der Waals surface area contributed by atoms with Crippen molar-refractivity contribution < 1.29 is 8.78 Å². The SMILES string of the molecule is Fc1cccc(F)c1-c1ccc([C@@H]2CNC[C@H]2Cc2ccccc2)cc1. The van der Waals surface area contributed by atoms with Crippen molar-refractivity contribution in [1.29, 1.82) is 0 Å². The Morgan fingerprint density at radius 3 is 2.15 bits per heavy atom. The van der Waals surface area contributed by atoms with E-state index in [0.29, 0.717) is 17.4 Å². The van der Waals surface area contributed by atoms with Crippen molar-refractivity contribution in [3.05, 3.63) is 95.6 Å². The first kappa shape index (κ1) is 16.9. The Morgan fingerprint density at radius 1 is 0.769 bits per heavy atom. The highest BCUT2D eigenvalue weighted by molar-refractivity contribution is 5.65. The van der Waals surface area contributed by atoms with Gasteiger partial charge in [0.1, 0.15) is 11.6 Å². The van der Waals surface area contributed by atoms with E-state index in [1.54, 1.807) is 0 Å². The van der Waals surface area contributed by atoms with Crippen LogP contribution in [0.1, 0.15) is 17.0 Å². The van der Waals surface area contributed by atoms with Crippen LogP contribution < -0.4 is 5.32 Å². The van der Waals surface area contributed by atoms with Crippen molar-refractivity contribution in [2.45, 2.75) is 12.3 Å². The van der Waals surface area contributed by atoms with Crippen LogP contribution >= 0.6 is 0 Å². The molecule has 1 aliphatic rings. The zero-order valence-electron chi connectivity index (χ0n) is 14.5. The molecule has 4 rings (SSSR count). The van der Waals surface area contributed by atoms with E-state index in [1.165, 1.54) is 29.3 Å². The number of hydrogen-bond donors (Lipinski definition) is 1. The fourth-order valence-corrected chi connectivity index (χ4v) is 3.93. The van der Waals surface area contributed by atoms with Gasteiger partial charge in [-0.05, 0) is 47.7 Å². The van der Waals surface area contributed by atoms with Crippen LogP contribution in [0.15, 0.2) is 72.8 Å². The third-order valence-corrected chi connectivity index (χ3v) is 5.27. The fraction of sp³-hybridized carbons (Fsp3) is 0.217. The molecule has 1 fully saturated rings. The summed E-state index contributed by atoms with van der Waals surface area (Å²) in [5.41, 5.74) is 3.19. The molecule has 3 heteroatoms. The minimum atomic E-state index is -0.526. The third-order valence-electron chi connectivity index (χ3n) is 5.27. The van der Waals surface area contributed by atoms with E-state index in [4.69, 9.17) is 0 Å². The van der Waals surface area contributed by atoms with Gasteiger partial charge in [-0.25, -0.2) is 8.78 Å². The molecule has 0 unspecified atom stereocenters. The van der Waals surface area contributed by atoms with E-state index in [9.17, 15) is 8.78 Å². The normalized spacial score (nSPS) is 19.6. The molecule has 0 bridgehead atoms. The molecule has 3 aromatic carbocycles. The van der Waals surface area contributed by atoms with Gasteiger partial charge in [0.15, 0.2) is 0 Å². The van der Waals surface area contributed by atoms with E-state index >= 15 is 0 Å². The Hall–Kier alpha value is -2.52. The van der Waals surface area contributed by atoms with E-state index in [2.05, 4.69) is 29.6 Å². The summed E-state index contributed by atoms with van der Waals surface area (Å²) in [6.07, 6.45) is 1.03. The van der Waals surface area contributed by atoms with Gasteiger partial charge in [0.05, 0.1) is 5.56 Å². The molecular weight excluding hydrogens is 328 g/mol. The van der Waals surface area contributed by atoms with Crippen molar-refractivity contribution in [3.63, 3.8) is 0 Å². The summed E-state index contributed by atoms with van der Waals surface area (Å²) in [7, 11) is 0. The molecule has 1 heterocycles. The van der Waals surface area contributed by atoms with Crippen LogP contribution in [0.4, 0.5) is 8.78 Å². The second kappa shape index (κ2) is 7.38. The maximum Gasteiger partial charge on any atom is 0.133 e. The van der Waals surface area contributed by atoms with Crippen LogP contribution in [0.25, 0.3) is 11.1 Å². The van der Waals surface area contributed by atoms with Gasteiger partial charge in [-0.3, -0.25) is 0 Å². The zero-order chi connectivity index (χ0) is 17.9. The van der Waals surface area contributed by atoms with Gasteiger partial charge in [-0.2, -0.15) is 0 Å². The van der Waals surface area contributed by atoms with Gasteiger partial charge < -0.3 is 5.32 Å². The molecule has 1 aliphatic heterocycles. The lowest BCUT2D eigenvalue weighted by Crippen LogP contribution is -2.13. The van der Waals surface area contributed by atoms with Crippen LogP contribution in [-0.4, -0.2) is 13.1 Å². The van der Waals surface area contributed by atoms with E-state index in [1.807, 2.05) is 30.3 Å². The highest BCUT2D eigenvalue weighted by Gasteiger charge is 2.28. The second-order valence-corrected chi connectivity index (χ2v) is 6.93. The van der Waals surface area contributed by atoms with Crippen LogP contribution in [-0.2, 0) is 6.42 Å². The smallest absolute Gasteiger partial charge is 0.133 e. The van der Waals surface area contributed by atoms with Crippen LogP contribution in [0.5, 0.6) is 0 Å². The van der Waals surface area contributed by atoms with Crippen LogP contribution in [0.3, 0.4) is 0 Å². The molecule has 0 saturated carbocycles. The quantitative estimate of drug-likeness (QED) is 0.684. The monoisotopic (exact) mass is 349 g/mol. The summed E-state index contributed by atoms with van der Waals surface area (Å²) in [4.78, 5) is 0. The predicted molar refractivity (Wildman–Crippen MR) is 101 cm³/mol. The highest BCUT2D eigenvalue weighted by Crippen LogP contribution is 2.33. The number of halogens is 2. The number of benzene rings is 3. The van der Waals surface area contributed by atoms with Crippen LogP contribution in [0.2, 0.25) is 0 Å². The summed E-state index contributed by atoms with van der Waals surface area (Å²) < 4.78 is 28.0. The molecule has 26 heavy (non-hydrogen) atoms. The van der Waals surface area contributed by atoms with Crippen molar-refractivity contribution in [2.24, 2.45) is 5.92 Å². The van der Waals surface area contributed by atoms with Gasteiger partial charge >= 0.3 is 0 Å². The Bertz CT molecular complexity index is 854. The lowest BCUT2D eigenvalue weighted by molar-refractivity contribution is 0.516. The van der Waals surface area contributed by atoms with Crippen molar-refractivity contribution in [3.8, 4) is 11.1 Å². The maximum absolute atomic E-state index is 14.0. The Balaban J connectivity index is 1.56. The van der Waals surface area contributed by atoms with E-state index in [0.717, 1.165) is 19.5 Å². The zero-order valence-corrected chi connectivity index (χ0v) is 14.5. The first-order valence-electron chi connectivity index (χ1n) is 9.01.